The number of unbranched alkanes of at least 4 members (excludes halogenated alkanes) is 1. The van der Waals surface area contributed by atoms with E-state index in [-0.39, 0.29) is 29.5 Å². The van der Waals surface area contributed by atoms with Gasteiger partial charge in [-0.2, -0.15) is 0 Å². The highest BCUT2D eigenvalue weighted by Gasteiger charge is 2.53. The van der Waals surface area contributed by atoms with E-state index in [0.29, 0.717) is 5.41 Å². The average molecular weight is 438 g/mol. The summed E-state index contributed by atoms with van der Waals surface area (Å²) in [7, 11) is 0. The van der Waals surface area contributed by atoms with Crippen LogP contribution in [0.5, 0.6) is 0 Å². The lowest BCUT2D eigenvalue weighted by Crippen LogP contribution is -2.72. The van der Waals surface area contributed by atoms with Crippen molar-refractivity contribution in [2.24, 2.45) is 10.4 Å². The zero-order valence-corrected chi connectivity index (χ0v) is 18.7. The molecule has 138 valence electrons. The number of hydrogen-bond donors (Lipinski definition) is 1. The van der Waals surface area contributed by atoms with E-state index < -0.39 is 0 Å². The monoisotopic (exact) mass is 438 g/mol. The average Bonchev–Trinajstić information content (AvgIpc) is 2.47. The minimum absolute atomic E-state index is 0. The predicted molar refractivity (Wildman–Crippen MR) is 113 cm³/mol. The van der Waals surface area contributed by atoms with Crippen molar-refractivity contribution in [3.63, 3.8) is 0 Å². The van der Waals surface area contributed by atoms with E-state index in [1.807, 2.05) is 0 Å². The third-order valence-corrected chi connectivity index (χ3v) is 5.51. The van der Waals surface area contributed by atoms with Gasteiger partial charge >= 0.3 is 0 Å². The van der Waals surface area contributed by atoms with Gasteiger partial charge in [0.2, 0.25) is 0 Å². The van der Waals surface area contributed by atoms with Crippen LogP contribution in [0.1, 0.15) is 61.3 Å². The second-order valence-corrected chi connectivity index (χ2v) is 7.50. The maximum atomic E-state index is 4.86. The minimum Gasteiger partial charge on any atom is -0.356 e. The number of hydrogen-bond acceptors (Lipinski definition) is 2. The van der Waals surface area contributed by atoms with Gasteiger partial charge in [0.25, 0.3) is 0 Å². The van der Waals surface area contributed by atoms with Crippen LogP contribution in [-0.2, 0) is 0 Å². The van der Waals surface area contributed by atoms with Crippen molar-refractivity contribution in [3.05, 3.63) is 0 Å². The predicted octanol–water partition coefficient (Wildman–Crippen LogP) is 3.81. The summed E-state index contributed by atoms with van der Waals surface area (Å²) in [5.41, 5.74) is 0.529. The maximum absolute atomic E-state index is 4.86. The summed E-state index contributed by atoms with van der Waals surface area (Å²) in [5, 5.41) is 3.47. The number of aliphatic imine (C=N–C) groups is 1. The van der Waals surface area contributed by atoms with E-state index in [2.05, 4.69) is 63.6 Å². The first kappa shape index (κ1) is 23.0. The first-order valence-electron chi connectivity index (χ1n) is 9.08. The van der Waals surface area contributed by atoms with Crippen molar-refractivity contribution < 1.29 is 0 Å². The summed E-state index contributed by atoms with van der Waals surface area (Å²) in [6, 6.07) is 0. The van der Waals surface area contributed by atoms with E-state index in [0.717, 1.165) is 38.7 Å². The van der Waals surface area contributed by atoms with Gasteiger partial charge in [0.15, 0.2) is 5.96 Å². The standard InChI is InChI=1S/C18H38N4.HI/c1-8-19-16(22-15-17(4,5)18(22,6)7)20-13-11-12-14-21(9-2)10-3;/h8-15H2,1-7H3,(H,19,20);1H. The number of guanidine groups is 1. The molecule has 0 aliphatic carbocycles. The molecule has 1 N–H and O–H groups in total. The molecule has 0 radical (unpaired) electrons. The SMILES string of the molecule is CCNC(=NCCCCN(CC)CC)N1CC(C)(C)C1(C)C.I. The van der Waals surface area contributed by atoms with Crippen molar-refractivity contribution in [1.82, 2.24) is 15.1 Å². The normalized spacial score (nSPS) is 19.3. The van der Waals surface area contributed by atoms with Crippen molar-refractivity contribution >= 4 is 29.9 Å². The Labute approximate surface area is 161 Å². The highest BCUT2D eigenvalue weighted by Crippen LogP contribution is 2.46. The molecular formula is C18H39IN4. The van der Waals surface area contributed by atoms with Gasteiger partial charge in [0.1, 0.15) is 0 Å². The highest BCUT2D eigenvalue weighted by molar-refractivity contribution is 14.0. The lowest BCUT2D eigenvalue weighted by molar-refractivity contribution is -0.0667. The third-order valence-electron chi connectivity index (χ3n) is 5.51. The van der Waals surface area contributed by atoms with E-state index in [4.69, 9.17) is 4.99 Å². The molecule has 5 heteroatoms. The molecular weight excluding hydrogens is 399 g/mol. The van der Waals surface area contributed by atoms with Crippen LogP contribution < -0.4 is 5.32 Å². The third kappa shape index (κ3) is 5.76. The van der Waals surface area contributed by atoms with Crippen molar-refractivity contribution in [2.45, 2.75) is 66.8 Å². The Morgan fingerprint density at radius 3 is 2.13 bits per heavy atom. The van der Waals surface area contributed by atoms with Crippen LogP contribution in [-0.4, -0.2) is 60.6 Å². The van der Waals surface area contributed by atoms with Gasteiger partial charge in [-0.3, -0.25) is 4.99 Å². The minimum atomic E-state index is 0. The maximum Gasteiger partial charge on any atom is 0.194 e. The van der Waals surface area contributed by atoms with Crippen LogP contribution >= 0.6 is 24.0 Å². The van der Waals surface area contributed by atoms with E-state index in [1.165, 1.54) is 19.4 Å². The van der Waals surface area contributed by atoms with Crippen LogP contribution in [0.15, 0.2) is 4.99 Å². The molecule has 23 heavy (non-hydrogen) atoms. The fraction of sp³-hybridized carbons (Fsp3) is 0.944. The molecule has 0 unspecified atom stereocenters. The van der Waals surface area contributed by atoms with Gasteiger partial charge in [0, 0.05) is 30.6 Å². The molecule has 0 spiro atoms. The molecule has 4 nitrogen and oxygen atoms in total. The molecule has 0 aromatic heterocycles. The van der Waals surface area contributed by atoms with Gasteiger partial charge in [-0.1, -0.05) is 27.7 Å². The summed E-state index contributed by atoms with van der Waals surface area (Å²) < 4.78 is 0. The Balaban J connectivity index is 0.00000484. The van der Waals surface area contributed by atoms with Crippen LogP contribution in [0.4, 0.5) is 0 Å². The number of halogens is 1. The Hall–Kier alpha value is -0.0400. The molecule has 1 aliphatic rings. The zero-order valence-electron chi connectivity index (χ0n) is 16.4. The van der Waals surface area contributed by atoms with Gasteiger partial charge in [0.05, 0.1) is 0 Å². The Morgan fingerprint density at radius 2 is 1.70 bits per heavy atom. The number of rotatable bonds is 8. The van der Waals surface area contributed by atoms with E-state index in [1.54, 1.807) is 0 Å². The first-order chi connectivity index (χ1) is 10.3. The van der Waals surface area contributed by atoms with E-state index in [9.17, 15) is 0 Å². The number of likely N-dealkylation sites (tertiary alicyclic amines) is 1. The summed E-state index contributed by atoms with van der Waals surface area (Å²) in [6.45, 7) is 22.4. The quantitative estimate of drug-likeness (QED) is 0.271. The number of nitrogens with one attached hydrogen (secondary N) is 1. The second kappa shape index (κ2) is 10.1. The molecule has 0 saturated carbocycles. The highest BCUT2D eigenvalue weighted by atomic mass is 127. The van der Waals surface area contributed by atoms with Crippen LogP contribution in [0.2, 0.25) is 0 Å². The molecule has 1 heterocycles. The molecule has 0 aromatic rings. The molecule has 0 bridgehead atoms. The second-order valence-electron chi connectivity index (χ2n) is 7.50. The Bertz CT molecular complexity index is 362. The van der Waals surface area contributed by atoms with Gasteiger partial charge in [-0.05, 0) is 53.2 Å². The summed E-state index contributed by atoms with van der Waals surface area (Å²) in [5.74, 6) is 1.09. The van der Waals surface area contributed by atoms with Crippen molar-refractivity contribution in [2.75, 3.05) is 39.3 Å². The molecule has 0 atom stereocenters. The zero-order chi connectivity index (χ0) is 16.8. The van der Waals surface area contributed by atoms with Crippen molar-refractivity contribution in [3.8, 4) is 0 Å². The lowest BCUT2D eigenvalue weighted by atomic mass is 9.65. The molecule has 0 aromatic carbocycles. The first-order valence-corrected chi connectivity index (χ1v) is 9.08. The van der Waals surface area contributed by atoms with Crippen LogP contribution in [0, 0.1) is 5.41 Å². The summed E-state index contributed by atoms with van der Waals surface area (Å²) in [6.07, 6.45) is 2.41. The Kier molecular flexibility index (Phi) is 10.0. The summed E-state index contributed by atoms with van der Waals surface area (Å²) in [4.78, 5) is 9.77. The smallest absolute Gasteiger partial charge is 0.194 e. The molecule has 1 aliphatic heterocycles. The number of nitrogens with zero attached hydrogens (tertiary/aromatic N) is 3. The molecule has 1 saturated heterocycles. The summed E-state index contributed by atoms with van der Waals surface area (Å²) >= 11 is 0. The van der Waals surface area contributed by atoms with Crippen LogP contribution in [0.25, 0.3) is 0 Å². The Morgan fingerprint density at radius 1 is 1.09 bits per heavy atom. The fourth-order valence-electron chi connectivity index (χ4n) is 2.97. The van der Waals surface area contributed by atoms with Gasteiger partial charge in [-0.15, -0.1) is 24.0 Å². The topological polar surface area (TPSA) is 30.9 Å². The lowest BCUT2D eigenvalue weighted by Gasteiger charge is -2.62. The molecule has 0 amide bonds. The van der Waals surface area contributed by atoms with Gasteiger partial charge < -0.3 is 15.1 Å². The van der Waals surface area contributed by atoms with Crippen LogP contribution in [0.3, 0.4) is 0 Å². The van der Waals surface area contributed by atoms with Gasteiger partial charge in [-0.25, -0.2) is 0 Å². The molecule has 1 fully saturated rings. The van der Waals surface area contributed by atoms with Crippen molar-refractivity contribution in [1.29, 1.82) is 0 Å². The largest absolute Gasteiger partial charge is 0.356 e. The van der Waals surface area contributed by atoms with E-state index >= 15 is 0 Å². The fourth-order valence-corrected chi connectivity index (χ4v) is 2.97. The molecule has 1 rings (SSSR count).